The van der Waals surface area contributed by atoms with Crippen molar-refractivity contribution in [2.45, 2.75) is 32.9 Å². The van der Waals surface area contributed by atoms with Crippen molar-refractivity contribution in [3.63, 3.8) is 0 Å². The van der Waals surface area contributed by atoms with Crippen molar-refractivity contribution in [1.29, 1.82) is 0 Å². The van der Waals surface area contributed by atoms with Gasteiger partial charge in [-0.15, -0.1) is 0 Å². The molecule has 0 atom stereocenters. The minimum Gasteiger partial charge on any atom is -0.382 e. The third kappa shape index (κ3) is 4.41. The Balaban J connectivity index is 2.14. The van der Waals surface area contributed by atoms with E-state index in [9.17, 15) is 4.79 Å². The second-order valence-electron chi connectivity index (χ2n) is 5.72. The van der Waals surface area contributed by atoms with Crippen molar-refractivity contribution < 1.29 is 4.79 Å². The number of aliphatic imine (C=N–C) groups is 1. The van der Waals surface area contributed by atoms with Crippen LogP contribution in [-0.2, 0) is 4.79 Å². The first-order chi connectivity index (χ1) is 10.9. The molecule has 1 amide bonds. The maximum absolute atomic E-state index is 11.2. The zero-order valence-electron chi connectivity index (χ0n) is 13.5. The van der Waals surface area contributed by atoms with E-state index in [1.54, 1.807) is 30.3 Å². The molecule has 0 radical (unpaired) electrons. The first-order valence-corrected chi connectivity index (χ1v) is 7.77. The summed E-state index contributed by atoms with van der Waals surface area (Å²) in [6.07, 6.45) is 3.24. The van der Waals surface area contributed by atoms with E-state index in [4.69, 9.17) is 17.4 Å². The molecule has 0 bridgehead atoms. The molecule has 7 nitrogen and oxygen atoms in total. The Morgan fingerprint density at radius 3 is 2.83 bits per heavy atom. The number of likely N-dealkylation sites (tertiary alicyclic amines) is 1. The van der Waals surface area contributed by atoms with Crippen LogP contribution >= 0.6 is 11.6 Å². The molecule has 23 heavy (non-hydrogen) atoms. The number of nitrogens with one attached hydrogen (secondary N) is 1. The minimum atomic E-state index is 0.0643. The first-order valence-electron chi connectivity index (χ1n) is 7.39. The summed E-state index contributed by atoms with van der Waals surface area (Å²) in [5, 5.41) is 7.49. The fourth-order valence-corrected chi connectivity index (χ4v) is 2.38. The van der Waals surface area contributed by atoms with Crippen LogP contribution in [0.25, 0.3) is 0 Å². The van der Waals surface area contributed by atoms with E-state index >= 15 is 0 Å². The van der Waals surface area contributed by atoms with Gasteiger partial charge in [-0.1, -0.05) is 11.6 Å². The molecule has 1 saturated heterocycles. The van der Waals surface area contributed by atoms with Crippen LogP contribution in [0, 0.1) is 0 Å². The summed E-state index contributed by atoms with van der Waals surface area (Å²) in [6.45, 7) is 6.85. The van der Waals surface area contributed by atoms with E-state index in [0.717, 1.165) is 11.3 Å². The van der Waals surface area contributed by atoms with Gasteiger partial charge in [0.05, 0.1) is 6.04 Å². The fourth-order valence-electron chi connectivity index (χ4n) is 2.22. The molecule has 0 unspecified atom stereocenters. The largest absolute Gasteiger partial charge is 0.382 e. The molecule has 3 N–H and O–H groups in total. The second kappa shape index (κ2) is 7.41. The number of aromatic nitrogens is 1. The van der Waals surface area contributed by atoms with Gasteiger partial charge in [0.1, 0.15) is 10.9 Å². The van der Waals surface area contributed by atoms with Gasteiger partial charge in [0, 0.05) is 49.7 Å². The van der Waals surface area contributed by atoms with Crippen molar-refractivity contribution in [2.75, 3.05) is 18.4 Å². The number of carbonyl (C=O) groups is 1. The zero-order valence-corrected chi connectivity index (χ0v) is 14.2. The summed E-state index contributed by atoms with van der Waals surface area (Å²) in [4.78, 5) is 21.4. The lowest BCUT2D eigenvalue weighted by atomic mass is 10.1. The van der Waals surface area contributed by atoms with Gasteiger partial charge >= 0.3 is 0 Å². The molecule has 8 heteroatoms. The number of hydrazone groups is 1. The van der Waals surface area contributed by atoms with Gasteiger partial charge in [0.25, 0.3) is 0 Å². The molecule has 1 aromatic heterocycles. The number of nitrogens with two attached hydrogens (primary N) is 1. The smallest absolute Gasteiger partial charge is 0.219 e. The van der Waals surface area contributed by atoms with Crippen molar-refractivity contribution in [2.24, 2.45) is 15.9 Å². The summed E-state index contributed by atoms with van der Waals surface area (Å²) >= 11 is 5.96. The van der Waals surface area contributed by atoms with Gasteiger partial charge in [-0.3, -0.25) is 9.79 Å². The summed E-state index contributed by atoms with van der Waals surface area (Å²) in [5.41, 5.74) is 2.05. The second-order valence-corrected chi connectivity index (χ2v) is 6.11. The summed E-state index contributed by atoms with van der Waals surface area (Å²) < 4.78 is 0. The van der Waals surface area contributed by atoms with Gasteiger partial charge in [0.2, 0.25) is 5.91 Å². The van der Waals surface area contributed by atoms with Gasteiger partial charge < -0.3 is 16.1 Å². The van der Waals surface area contributed by atoms with Crippen LogP contribution < -0.4 is 11.2 Å². The number of anilines is 1. The van der Waals surface area contributed by atoms with E-state index in [0.29, 0.717) is 24.0 Å². The molecule has 1 aromatic rings. The summed E-state index contributed by atoms with van der Waals surface area (Å²) in [6, 6.07) is 2.04. The SMILES string of the molecule is CC(=O)N1CC(N=CC(=NN)c2cnc(Cl)cc2NC(C)C)C1. The van der Waals surface area contributed by atoms with Crippen molar-refractivity contribution >= 4 is 35.1 Å². The van der Waals surface area contributed by atoms with E-state index in [1.165, 1.54) is 0 Å². The number of carbonyl (C=O) groups excluding carboxylic acids is 1. The van der Waals surface area contributed by atoms with Crippen molar-refractivity contribution in [1.82, 2.24) is 9.88 Å². The Morgan fingerprint density at radius 1 is 1.57 bits per heavy atom. The van der Waals surface area contributed by atoms with Crippen LogP contribution in [0.15, 0.2) is 22.4 Å². The molecule has 2 rings (SSSR count). The predicted octanol–water partition coefficient (Wildman–Crippen LogP) is 1.52. The van der Waals surface area contributed by atoms with E-state index < -0.39 is 0 Å². The van der Waals surface area contributed by atoms with Crippen molar-refractivity contribution in [3.8, 4) is 0 Å². The van der Waals surface area contributed by atoms with E-state index in [2.05, 4.69) is 20.4 Å². The molecule has 124 valence electrons. The predicted molar refractivity (Wildman–Crippen MR) is 93.3 cm³/mol. The minimum absolute atomic E-state index is 0.0643. The highest BCUT2D eigenvalue weighted by Crippen LogP contribution is 2.20. The quantitative estimate of drug-likeness (QED) is 0.369. The van der Waals surface area contributed by atoms with E-state index in [-0.39, 0.29) is 18.0 Å². The lowest BCUT2D eigenvalue weighted by Gasteiger charge is -2.35. The topological polar surface area (TPSA) is 96.0 Å². The van der Waals surface area contributed by atoms with Crippen LogP contribution in [0.4, 0.5) is 5.69 Å². The Hall–Kier alpha value is -2.15. The van der Waals surface area contributed by atoms with Crippen LogP contribution in [0.2, 0.25) is 5.15 Å². The Bertz CT molecular complexity index is 637. The number of nitrogens with zero attached hydrogens (tertiary/aromatic N) is 4. The highest BCUT2D eigenvalue weighted by Gasteiger charge is 2.27. The molecule has 1 fully saturated rings. The number of hydrogen-bond donors (Lipinski definition) is 2. The normalized spacial score (nSPS) is 16.0. The molecule has 1 aliphatic heterocycles. The van der Waals surface area contributed by atoms with Gasteiger partial charge in [-0.25, -0.2) is 4.98 Å². The van der Waals surface area contributed by atoms with Gasteiger partial charge in [-0.2, -0.15) is 5.10 Å². The maximum atomic E-state index is 11.2. The molecule has 0 aliphatic carbocycles. The molecule has 1 aliphatic rings. The third-order valence-corrected chi connectivity index (χ3v) is 3.65. The molecule has 2 heterocycles. The standard InChI is InChI=1S/C15H21ClN6O/c1-9(2)20-13-4-15(16)19-5-12(13)14(21-17)6-18-11-7-22(8-11)10(3)23/h4-6,9,11H,7-8,17H2,1-3H3,(H,19,20). The van der Waals surface area contributed by atoms with Crippen LogP contribution in [-0.4, -0.2) is 52.9 Å². The number of pyridine rings is 1. The first kappa shape index (κ1) is 17.2. The van der Waals surface area contributed by atoms with Gasteiger partial charge in [-0.05, 0) is 19.9 Å². The third-order valence-electron chi connectivity index (χ3n) is 3.45. The Labute approximate surface area is 140 Å². The van der Waals surface area contributed by atoms with Crippen LogP contribution in [0.3, 0.4) is 0 Å². The van der Waals surface area contributed by atoms with Crippen molar-refractivity contribution in [3.05, 3.63) is 23.0 Å². The summed E-state index contributed by atoms with van der Waals surface area (Å²) in [5.74, 6) is 5.57. The lowest BCUT2D eigenvalue weighted by molar-refractivity contribution is -0.132. The highest BCUT2D eigenvalue weighted by molar-refractivity contribution is 6.39. The maximum Gasteiger partial charge on any atom is 0.219 e. The fraction of sp³-hybridized carbons (Fsp3) is 0.467. The van der Waals surface area contributed by atoms with Crippen LogP contribution in [0.1, 0.15) is 26.3 Å². The number of rotatable bonds is 5. The molecule has 0 saturated carbocycles. The molecular weight excluding hydrogens is 316 g/mol. The highest BCUT2D eigenvalue weighted by atomic mass is 35.5. The summed E-state index contributed by atoms with van der Waals surface area (Å²) in [7, 11) is 0. The number of halogens is 1. The number of hydrogen-bond acceptors (Lipinski definition) is 6. The Morgan fingerprint density at radius 2 is 2.26 bits per heavy atom. The molecule has 0 aromatic carbocycles. The van der Waals surface area contributed by atoms with E-state index in [1.807, 2.05) is 13.8 Å². The number of amides is 1. The lowest BCUT2D eigenvalue weighted by Crippen LogP contribution is -2.52. The molecular formula is C15H21ClN6O. The van der Waals surface area contributed by atoms with Gasteiger partial charge in [0.15, 0.2) is 0 Å². The molecule has 0 spiro atoms. The average Bonchev–Trinajstić information content (AvgIpc) is 2.41. The average molecular weight is 337 g/mol. The van der Waals surface area contributed by atoms with Crippen LogP contribution in [0.5, 0.6) is 0 Å². The monoisotopic (exact) mass is 336 g/mol. The Kier molecular flexibility index (Phi) is 5.54. The zero-order chi connectivity index (χ0) is 17.0.